The highest BCUT2D eigenvalue weighted by molar-refractivity contribution is 7.99. The molecule has 0 atom stereocenters. The Kier molecular flexibility index (Phi) is 6.36. The quantitative estimate of drug-likeness (QED) is 0.393. The standard InChI is InChI=1S/C20H23F2N5OS/c1-12(2)26-13(3)10-16(14(26)4)11-23-27-18(24-25-20(27)29-19(21)22)15-6-8-17(28-5)9-7-15/h6-12,19H,1-5H3/b23-11-. The van der Waals surface area contributed by atoms with Gasteiger partial charge in [-0.15, -0.1) is 10.2 Å². The topological polar surface area (TPSA) is 57.2 Å². The number of rotatable bonds is 7. The van der Waals surface area contributed by atoms with E-state index in [1.807, 2.05) is 19.9 Å². The smallest absolute Gasteiger partial charge is 0.291 e. The number of hydrogen-bond acceptors (Lipinski definition) is 5. The van der Waals surface area contributed by atoms with Gasteiger partial charge in [0.15, 0.2) is 5.82 Å². The summed E-state index contributed by atoms with van der Waals surface area (Å²) in [4.78, 5) is 0. The van der Waals surface area contributed by atoms with Gasteiger partial charge >= 0.3 is 0 Å². The summed E-state index contributed by atoms with van der Waals surface area (Å²) in [5.74, 6) is -1.56. The Morgan fingerprint density at radius 3 is 2.38 bits per heavy atom. The van der Waals surface area contributed by atoms with Gasteiger partial charge < -0.3 is 9.30 Å². The van der Waals surface area contributed by atoms with E-state index >= 15 is 0 Å². The molecule has 0 aliphatic carbocycles. The van der Waals surface area contributed by atoms with Crippen LogP contribution < -0.4 is 4.74 Å². The number of methoxy groups -OCH3 is 1. The number of aryl methyl sites for hydroxylation is 1. The average Bonchev–Trinajstić information content (AvgIpc) is 3.19. The second-order valence-corrected chi connectivity index (χ2v) is 7.72. The highest BCUT2D eigenvalue weighted by Crippen LogP contribution is 2.29. The van der Waals surface area contributed by atoms with Crippen LogP contribution in [0.3, 0.4) is 0 Å². The lowest BCUT2D eigenvalue weighted by Crippen LogP contribution is -2.05. The first-order valence-corrected chi connectivity index (χ1v) is 9.97. The van der Waals surface area contributed by atoms with Crippen molar-refractivity contribution in [3.8, 4) is 17.1 Å². The molecule has 0 aliphatic rings. The first-order valence-electron chi connectivity index (χ1n) is 9.09. The summed E-state index contributed by atoms with van der Waals surface area (Å²) in [6.45, 7) is 8.27. The number of aromatic nitrogens is 4. The molecule has 9 heteroatoms. The molecule has 0 radical (unpaired) electrons. The highest BCUT2D eigenvalue weighted by atomic mass is 32.2. The molecule has 0 amide bonds. The minimum Gasteiger partial charge on any atom is -0.497 e. The molecule has 2 heterocycles. The molecular weight excluding hydrogens is 396 g/mol. The average molecular weight is 420 g/mol. The van der Waals surface area contributed by atoms with Crippen LogP contribution in [0.2, 0.25) is 0 Å². The predicted molar refractivity (Wildman–Crippen MR) is 111 cm³/mol. The van der Waals surface area contributed by atoms with Gasteiger partial charge in [0.2, 0.25) is 5.16 Å². The molecule has 0 bridgehead atoms. The summed E-state index contributed by atoms with van der Waals surface area (Å²) in [7, 11) is 1.58. The van der Waals surface area contributed by atoms with Gasteiger partial charge in [-0.2, -0.15) is 18.6 Å². The van der Waals surface area contributed by atoms with Crippen LogP contribution >= 0.6 is 11.8 Å². The molecule has 0 saturated heterocycles. The van der Waals surface area contributed by atoms with Gasteiger partial charge in [0.05, 0.1) is 13.3 Å². The van der Waals surface area contributed by atoms with Crippen LogP contribution in [0.4, 0.5) is 8.78 Å². The number of halogens is 2. The number of alkyl halides is 2. The molecular formula is C20H23F2N5OS. The maximum absolute atomic E-state index is 13.0. The van der Waals surface area contributed by atoms with Gasteiger partial charge in [-0.1, -0.05) is 0 Å². The van der Waals surface area contributed by atoms with Crippen molar-refractivity contribution in [3.05, 3.63) is 47.3 Å². The third-order valence-electron chi connectivity index (χ3n) is 4.51. The van der Waals surface area contributed by atoms with Crippen molar-refractivity contribution in [2.75, 3.05) is 7.11 Å². The number of hydrogen-bond donors (Lipinski definition) is 0. The molecule has 0 fully saturated rings. The maximum Gasteiger partial charge on any atom is 0.291 e. The van der Waals surface area contributed by atoms with Crippen LogP contribution in [-0.4, -0.2) is 38.5 Å². The molecule has 3 rings (SSSR count). The summed E-state index contributed by atoms with van der Waals surface area (Å²) in [5.41, 5.74) is 3.78. The fraction of sp³-hybridized carbons (Fsp3) is 0.350. The molecule has 0 N–H and O–H groups in total. The van der Waals surface area contributed by atoms with Gasteiger partial charge in [0.1, 0.15) is 5.75 Å². The van der Waals surface area contributed by atoms with E-state index in [9.17, 15) is 8.78 Å². The molecule has 0 aliphatic heterocycles. The molecule has 3 aromatic rings. The molecule has 0 saturated carbocycles. The zero-order valence-corrected chi connectivity index (χ0v) is 17.7. The number of thioether (sulfide) groups is 1. The van der Waals surface area contributed by atoms with Gasteiger partial charge in [0, 0.05) is 28.6 Å². The zero-order valence-electron chi connectivity index (χ0n) is 16.9. The summed E-state index contributed by atoms with van der Waals surface area (Å²) >= 11 is 0.313. The Morgan fingerprint density at radius 2 is 1.83 bits per heavy atom. The van der Waals surface area contributed by atoms with Crippen LogP contribution in [0, 0.1) is 13.8 Å². The lowest BCUT2D eigenvalue weighted by molar-refractivity contribution is 0.251. The van der Waals surface area contributed by atoms with E-state index in [0.29, 0.717) is 34.9 Å². The van der Waals surface area contributed by atoms with Crippen molar-refractivity contribution in [1.82, 2.24) is 19.4 Å². The third kappa shape index (κ3) is 4.50. The first kappa shape index (κ1) is 21.0. The minimum absolute atomic E-state index is 0.0275. The van der Waals surface area contributed by atoms with E-state index in [1.165, 1.54) is 4.68 Å². The largest absolute Gasteiger partial charge is 0.497 e. The molecule has 154 valence electrons. The van der Waals surface area contributed by atoms with E-state index in [1.54, 1.807) is 37.6 Å². The maximum atomic E-state index is 13.0. The number of ether oxygens (including phenoxy) is 1. The lowest BCUT2D eigenvalue weighted by atomic mass is 10.2. The monoisotopic (exact) mass is 419 g/mol. The Hall–Kier alpha value is -2.68. The molecule has 29 heavy (non-hydrogen) atoms. The van der Waals surface area contributed by atoms with Crippen molar-refractivity contribution < 1.29 is 13.5 Å². The molecule has 6 nitrogen and oxygen atoms in total. The van der Waals surface area contributed by atoms with Gasteiger partial charge in [-0.05, 0) is 69.8 Å². The Morgan fingerprint density at radius 1 is 1.14 bits per heavy atom. The van der Waals surface area contributed by atoms with Gasteiger partial charge in [-0.25, -0.2) is 0 Å². The summed E-state index contributed by atoms with van der Waals surface area (Å²) in [6, 6.07) is 9.46. The lowest BCUT2D eigenvalue weighted by Gasteiger charge is -2.13. The van der Waals surface area contributed by atoms with Crippen molar-refractivity contribution in [2.24, 2.45) is 5.10 Å². The van der Waals surface area contributed by atoms with E-state index in [4.69, 9.17) is 4.74 Å². The first-order chi connectivity index (χ1) is 13.8. The zero-order chi connectivity index (χ0) is 21.1. The van der Waals surface area contributed by atoms with Crippen LogP contribution in [0.25, 0.3) is 11.4 Å². The van der Waals surface area contributed by atoms with E-state index in [0.717, 1.165) is 17.0 Å². The second-order valence-electron chi connectivity index (χ2n) is 6.76. The minimum atomic E-state index is -2.62. The molecule has 0 unspecified atom stereocenters. The summed E-state index contributed by atoms with van der Waals surface area (Å²) in [6.07, 6.45) is 1.66. The van der Waals surface area contributed by atoms with Crippen LogP contribution in [0.5, 0.6) is 5.75 Å². The molecule has 0 spiro atoms. The van der Waals surface area contributed by atoms with Gasteiger partial charge in [-0.3, -0.25) is 0 Å². The van der Waals surface area contributed by atoms with E-state index in [2.05, 4.69) is 33.7 Å². The van der Waals surface area contributed by atoms with E-state index in [-0.39, 0.29) is 5.16 Å². The van der Waals surface area contributed by atoms with Crippen molar-refractivity contribution in [2.45, 2.75) is 44.7 Å². The fourth-order valence-corrected chi connectivity index (χ4v) is 3.77. The SMILES string of the molecule is COc1ccc(-c2nnc(SC(F)F)n2/N=C\c2cc(C)n(C(C)C)c2C)cc1. The third-order valence-corrected chi connectivity index (χ3v) is 5.15. The summed E-state index contributed by atoms with van der Waals surface area (Å²) in [5, 5.41) is 12.5. The Balaban J connectivity index is 2.03. The Labute approximate surface area is 172 Å². The van der Waals surface area contributed by atoms with Gasteiger partial charge in [0.25, 0.3) is 5.76 Å². The van der Waals surface area contributed by atoms with Crippen LogP contribution in [-0.2, 0) is 0 Å². The van der Waals surface area contributed by atoms with Crippen LogP contribution in [0.1, 0.15) is 36.8 Å². The second kappa shape index (κ2) is 8.77. The highest BCUT2D eigenvalue weighted by Gasteiger charge is 2.18. The molecule has 1 aromatic carbocycles. The number of benzene rings is 1. The van der Waals surface area contributed by atoms with E-state index < -0.39 is 5.76 Å². The molecule has 2 aromatic heterocycles. The van der Waals surface area contributed by atoms with Crippen molar-refractivity contribution >= 4 is 18.0 Å². The van der Waals surface area contributed by atoms with Crippen molar-refractivity contribution in [1.29, 1.82) is 0 Å². The number of nitrogens with zero attached hydrogens (tertiary/aromatic N) is 5. The van der Waals surface area contributed by atoms with Crippen molar-refractivity contribution in [3.63, 3.8) is 0 Å². The normalized spacial score (nSPS) is 11.9. The Bertz CT molecular complexity index is 1010. The fourth-order valence-electron chi connectivity index (χ4n) is 3.29. The predicted octanol–water partition coefficient (Wildman–Crippen LogP) is 5.15. The van der Waals surface area contributed by atoms with Crippen LogP contribution in [0.15, 0.2) is 40.6 Å². The summed E-state index contributed by atoms with van der Waals surface area (Å²) < 4.78 is 34.7.